The highest BCUT2D eigenvalue weighted by atomic mass is 28.2. The van der Waals surface area contributed by atoms with Crippen molar-refractivity contribution in [1.82, 2.24) is 4.98 Å². The van der Waals surface area contributed by atoms with Crippen LogP contribution in [0.5, 0.6) is 0 Å². The second-order valence-corrected chi connectivity index (χ2v) is 5.52. The van der Waals surface area contributed by atoms with Gasteiger partial charge in [0, 0.05) is 12.0 Å². The molecule has 2 heterocycles. The molecule has 0 radical (unpaired) electrons. The van der Waals surface area contributed by atoms with E-state index in [0.717, 1.165) is 12.0 Å². The van der Waals surface area contributed by atoms with Gasteiger partial charge in [-0.05, 0) is 30.7 Å². The summed E-state index contributed by atoms with van der Waals surface area (Å²) < 4.78 is 17.7. The van der Waals surface area contributed by atoms with Gasteiger partial charge in [-0.3, -0.25) is 0 Å². The molecular formula is C13H16FNOSi. The van der Waals surface area contributed by atoms with Gasteiger partial charge in [-0.25, -0.2) is 4.98 Å². The number of hydrogen-bond acceptors (Lipinski definition) is 2. The van der Waals surface area contributed by atoms with Gasteiger partial charge in [-0.1, -0.05) is 24.6 Å². The molecule has 3 rings (SSSR count). The highest BCUT2D eigenvalue weighted by Gasteiger charge is 1.96. The number of fused-ring (bicyclic) bond motifs is 1. The van der Waals surface area contributed by atoms with E-state index in [1.54, 1.807) is 12.1 Å². The molecule has 1 aliphatic heterocycles. The highest BCUT2D eigenvalue weighted by molar-refractivity contribution is 6.27. The zero-order valence-corrected chi connectivity index (χ0v) is 11.1. The predicted octanol–water partition coefficient (Wildman–Crippen LogP) is 2.67. The third-order valence-electron chi connectivity index (χ3n) is 2.64. The van der Waals surface area contributed by atoms with E-state index in [0.29, 0.717) is 5.52 Å². The van der Waals surface area contributed by atoms with Crippen molar-refractivity contribution in [3.8, 4) is 0 Å². The Balaban J connectivity index is 0.000000153. The predicted molar refractivity (Wildman–Crippen MR) is 70.2 cm³/mol. The van der Waals surface area contributed by atoms with E-state index in [1.165, 1.54) is 25.0 Å². The van der Waals surface area contributed by atoms with Gasteiger partial charge in [0.2, 0.25) is 5.95 Å². The lowest BCUT2D eigenvalue weighted by Crippen LogP contribution is -2.06. The van der Waals surface area contributed by atoms with Crippen LogP contribution in [0.2, 0.25) is 6.04 Å². The first-order valence-electron chi connectivity index (χ1n) is 5.95. The van der Waals surface area contributed by atoms with Crippen LogP contribution in [0.1, 0.15) is 12.8 Å². The SMILES string of the molecule is C1CC[SiH2]OC1.Fc1ccc2ccccc2n1. The summed E-state index contributed by atoms with van der Waals surface area (Å²) >= 11 is 0. The van der Waals surface area contributed by atoms with Crippen molar-refractivity contribution in [2.75, 3.05) is 6.61 Å². The smallest absolute Gasteiger partial charge is 0.213 e. The molecule has 0 unspecified atom stereocenters. The standard InChI is InChI=1S/C9H6FN.C4H10OSi/c10-9-6-5-7-3-1-2-4-8(7)11-9;1-2-4-6-5-3-1/h1-6H;1-4,6H2. The fourth-order valence-electron chi connectivity index (χ4n) is 1.73. The van der Waals surface area contributed by atoms with E-state index < -0.39 is 5.95 Å². The number of halogens is 1. The Bertz CT molecular complexity index is 462. The van der Waals surface area contributed by atoms with Crippen molar-refractivity contribution < 1.29 is 8.82 Å². The molecule has 0 N–H and O–H groups in total. The Hall–Kier alpha value is -1.26. The molecule has 1 saturated heterocycles. The lowest BCUT2D eigenvalue weighted by Gasteiger charge is -2.07. The summed E-state index contributed by atoms with van der Waals surface area (Å²) in [4.78, 5) is 3.71. The Kier molecular flexibility index (Phi) is 4.64. The van der Waals surface area contributed by atoms with E-state index >= 15 is 0 Å². The van der Waals surface area contributed by atoms with Crippen LogP contribution in [0.15, 0.2) is 36.4 Å². The van der Waals surface area contributed by atoms with Gasteiger partial charge in [0.15, 0.2) is 9.76 Å². The van der Waals surface area contributed by atoms with Crippen molar-refractivity contribution in [2.45, 2.75) is 18.9 Å². The molecule has 2 aromatic rings. The van der Waals surface area contributed by atoms with Gasteiger partial charge in [-0.2, -0.15) is 4.39 Å². The van der Waals surface area contributed by atoms with Crippen LogP contribution in [0.3, 0.4) is 0 Å². The molecule has 1 aromatic carbocycles. The summed E-state index contributed by atoms with van der Waals surface area (Å²) in [5, 5.41) is 0.967. The van der Waals surface area contributed by atoms with Crippen LogP contribution in [-0.2, 0) is 4.43 Å². The van der Waals surface area contributed by atoms with Crippen LogP contribution in [-0.4, -0.2) is 21.4 Å². The number of rotatable bonds is 0. The molecule has 0 atom stereocenters. The molecule has 1 aromatic heterocycles. The van der Waals surface area contributed by atoms with Crippen molar-refractivity contribution >= 4 is 20.7 Å². The lowest BCUT2D eigenvalue weighted by molar-refractivity contribution is 0.304. The van der Waals surface area contributed by atoms with Crippen molar-refractivity contribution in [1.29, 1.82) is 0 Å². The van der Waals surface area contributed by atoms with E-state index in [9.17, 15) is 4.39 Å². The van der Waals surface area contributed by atoms with Crippen molar-refractivity contribution in [3.05, 3.63) is 42.3 Å². The minimum atomic E-state index is -0.427. The molecular weight excluding hydrogens is 233 g/mol. The minimum absolute atomic E-state index is 0.00849. The topological polar surface area (TPSA) is 22.1 Å². The summed E-state index contributed by atoms with van der Waals surface area (Å²) in [6.45, 7) is 1.06. The van der Waals surface area contributed by atoms with Crippen LogP contribution >= 0.6 is 0 Å². The van der Waals surface area contributed by atoms with Crippen LogP contribution in [0.4, 0.5) is 4.39 Å². The molecule has 17 heavy (non-hydrogen) atoms. The largest absolute Gasteiger partial charge is 0.424 e. The lowest BCUT2D eigenvalue weighted by atomic mass is 10.2. The Morgan fingerprint density at radius 1 is 1.12 bits per heavy atom. The first kappa shape index (κ1) is 12.2. The van der Waals surface area contributed by atoms with Gasteiger partial charge in [0.25, 0.3) is 0 Å². The van der Waals surface area contributed by atoms with E-state index in [-0.39, 0.29) is 9.76 Å². The molecule has 90 valence electrons. The maximum absolute atomic E-state index is 12.5. The Labute approximate surface area is 103 Å². The van der Waals surface area contributed by atoms with Crippen LogP contribution < -0.4 is 0 Å². The summed E-state index contributed by atoms with van der Waals surface area (Å²) in [6.07, 6.45) is 2.75. The third kappa shape index (κ3) is 3.91. The number of pyridine rings is 1. The van der Waals surface area contributed by atoms with Gasteiger partial charge in [-0.15, -0.1) is 0 Å². The van der Waals surface area contributed by atoms with Crippen molar-refractivity contribution in [3.63, 3.8) is 0 Å². The zero-order valence-electron chi connectivity index (χ0n) is 9.73. The van der Waals surface area contributed by atoms with Gasteiger partial charge < -0.3 is 4.43 Å². The van der Waals surface area contributed by atoms with Gasteiger partial charge >= 0.3 is 0 Å². The number of para-hydroxylation sites is 1. The Morgan fingerprint density at radius 3 is 2.65 bits per heavy atom. The molecule has 0 aliphatic carbocycles. The molecule has 0 saturated carbocycles. The van der Waals surface area contributed by atoms with Crippen LogP contribution in [0.25, 0.3) is 10.9 Å². The van der Waals surface area contributed by atoms with Gasteiger partial charge in [0.1, 0.15) is 0 Å². The maximum atomic E-state index is 12.5. The quantitative estimate of drug-likeness (QED) is 0.529. The van der Waals surface area contributed by atoms with Gasteiger partial charge in [0.05, 0.1) is 5.52 Å². The second-order valence-electron chi connectivity index (χ2n) is 4.00. The highest BCUT2D eigenvalue weighted by Crippen LogP contribution is 2.10. The molecule has 2 nitrogen and oxygen atoms in total. The maximum Gasteiger partial charge on any atom is 0.213 e. The third-order valence-corrected chi connectivity index (χ3v) is 4.01. The summed E-state index contributed by atoms with van der Waals surface area (Å²) in [6, 6.07) is 11.9. The number of hydrogen-bond donors (Lipinski definition) is 0. The average Bonchev–Trinajstić information content (AvgIpc) is 2.41. The minimum Gasteiger partial charge on any atom is -0.424 e. The fourth-order valence-corrected chi connectivity index (χ4v) is 2.90. The number of nitrogens with zero attached hydrogens (tertiary/aromatic N) is 1. The molecule has 0 bridgehead atoms. The van der Waals surface area contributed by atoms with E-state index in [4.69, 9.17) is 4.43 Å². The first-order chi connectivity index (χ1) is 8.36. The van der Waals surface area contributed by atoms with E-state index in [2.05, 4.69) is 4.98 Å². The number of aromatic nitrogens is 1. The Morgan fingerprint density at radius 2 is 2.00 bits per heavy atom. The first-order valence-corrected chi connectivity index (χ1v) is 7.53. The van der Waals surface area contributed by atoms with Crippen molar-refractivity contribution in [2.24, 2.45) is 0 Å². The normalized spacial score (nSPS) is 16.5. The summed E-state index contributed by atoms with van der Waals surface area (Å²) in [5.74, 6) is -0.427. The summed E-state index contributed by atoms with van der Waals surface area (Å²) in [5.41, 5.74) is 0.701. The van der Waals surface area contributed by atoms with E-state index in [1.807, 2.05) is 18.2 Å². The molecule has 0 spiro atoms. The zero-order chi connectivity index (χ0) is 11.9. The molecule has 0 amide bonds. The molecule has 1 fully saturated rings. The molecule has 4 heteroatoms. The monoisotopic (exact) mass is 249 g/mol. The number of benzene rings is 1. The summed E-state index contributed by atoms with van der Waals surface area (Å²) in [7, 11) is 0.00849. The fraction of sp³-hybridized carbons (Fsp3) is 0.308. The average molecular weight is 249 g/mol. The second kappa shape index (κ2) is 6.47. The van der Waals surface area contributed by atoms with Crippen LogP contribution in [0, 0.1) is 5.95 Å². The molecule has 1 aliphatic rings.